The number of hydrogen-bond acceptors (Lipinski definition) is 11. The van der Waals surface area contributed by atoms with Gasteiger partial charge < -0.3 is 44.5 Å². The number of aliphatic hydroxyl groups excluding tert-OH is 4. The zero-order valence-electron chi connectivity index (χ0n) is 16.4. The lowest BCUT2D eigenvalue weighted by atomic mass is 9.90. The van der Waals surface area contributed by atoms with Gasteiger partial charge in [0.2, 0.25) is 11.7 Å². The lowest BCUT2D eigenvalue weighted by Gasteiger charge is -2.39. The van der Waals surface area contributed by atoms with Gasteiger partial charge in [-0.1, -0.05) is 0 Å². The molecule has 1 aromatic carbocycles. The molecule has 0 unspecified atom stereocenters. The first-order chi connectivity index (χ1) is 15.1. The van der Waals surface area contributed by atoms with Crippen LogP contribution < -0.4 is 10.2 Å². The van der Waals surface area contributed by atoms with Gasteiger partial charge in [0.15, 0.2) is 5.78 Å². The van der Waals surface area contributed by atoms with Gasteiger partial charge in [-0.25, -0.2) is 0 Å². The lowest BCUT2D eigenvalue weighted by molar-refractivity contribution is -0.277. The highest BCUT2D eigenvalue weighted by Gasteiger charge is 2.44. The van der Waals surface area contributed by atoms with Gasteiger partial charge in [0.25, 0.3) is 0 Å². The van der Waals surface area contributed by atoms with Gasteiger partial charge in [0.05, 0.1) is 12.2 Å². The van der Waals surface area contributed by atoms with Gasteiger partial charge in [0, 0.05) is 12.1 Å². The van der Waals surface area contributed by atoms with Crippen molar-refractivity contribution >= 4 is 16.8 Å². The van der Waals surface area contributed by atoms with E-state index in [1.165, 1.54) is 6.07 Å². The van der Waals surface area contributed by atoms with Crippen LogP contribution in [0.2, 0.25) is 0 Å². The monoisotopic (exact) mass is 448 g/mol. The highest BCUT2D eigenvalue weighted by molar-refractivity contribution is 6.00. The molecule has 0 amide bonds. The second kappa shape index (κ2) is 8.13. The van der Waals surface area contributed by atoms with Crippen LogP contribution in [-0.2, 0) is 15.1 Å². The van der Waals surface area contributed by atoms with Crippen LogP contribution in [0.3, 0.4) is 0 Å². The van der Waals surface area contributed by atoms with E-state index in [0.717, 1.165) is 36.6 Å². The lowest BCUT2D eigenvalue weighted by Crippen LogP contribution is -2.60. The van der Waals surface area contributed by atoms with E-state index < -0.39 is 54.1 Å². The fourth-order valence-electron chi connectivity index (χ4n) is 3.56. The van der Waals surface area contributed by atoms with Crippen molar-refractivity contribution in [2.75, 3.05) is 6.61 Å². The number of aromatic hydroxyl groups is 1. The van der Waals surface area contributed by atoms with E-state index in [2.05, 4.69) is 0 Å². The van der Waals surface area contributed by atoms with E-state index in [4.69, 9.17) is 13.9 Å². The summed E-state index contributed by atoms with van der Waals surface area (Å²) in [5, 5.41) is 59.9. The minimum absolute atomic E-state index is 0.114. The van der Waals surface area contributed by atoms with Gasteiger partial charge in [-0.3, -0.25) is 9.59 Å². The first-order valence-electron chi connectivity index (χ1n) is 9.55. The summed E-state index contributed by atoms with van der Waals surface area (Å²) < 4.78 is 16.1. The summed E-state index contributed by atoms with van der Waals surface area (Å²) in [7, 11) is 0. The zero-order valence-corrected chi connectivity index (χ0v) is 16.4. The van der Waals surface area contributed by atoms with E-state index >= 15 is 0 Å². The summed E-state index contributed by atoms with van der Waals surface area (Å²) in [5.74, 6) is -1.05. The maximum atomic E-state index is 12.9. The smallest absolute Gasteiger partial charge is 0.229 e. The van der Waals surface area contributed by atoms with Gasteiger partial charge in [-0.15, -0.1) is 0 Å². The maximum Gasteiger partial charge on any atom is 0.229 e. The van der Waals surface area contributed by atoms with Gasteiger partial charge in [0.1, 0.15) is 58.7 Å². The third-order valence-corrected chi connectivity index (χ3v) is 5.37. The minimum atomic E-state index is -1.90. The average Bonchev–Trinajstić information content (AvgIpc) is 2.76. The van der Waals surface area contributed by atoms with Crippen LogP contribution in [0.25, 0.3) is 11.0 Å². The largest absolute Gasteiger partial charge is 0.507 e. The molecule has 1 aromatic heterocycles. The Morgan fingerprint density at radius 3 is 2.38 bits per heavy atom. The zero-order chi connectivity index (χ0) is 23.2. The first kappa shape index (κ1) is 22.1. The van der Waals surface area contributed by atoms with Crippen LogP contribution >= 0.6 is 0 Å². The van der Waals surface area contributed by atoms with Crippen LogP contribution in [0, 0.1) is 0 Å². The van der Waals surface area contributed by atoms with Crippen LogP contribution in [-0.4, -0.2) is 73.7 Å². The molecule has 2 heterocycles. The number of ketones is 1. The molecule has 0 saturated carbocycles. The second-order valence-electron chi connectivity index (χ2n) is 7.50. The number of benzene rings is 1. The molecule has 2 aliphatic rings. The SMILES string of the molecule is O=C1C=CC(O)(c2coc3cc(O[C@@H]4O[C@H](CO)[C@@H](O)[C@H](O)[C@H]4O)cc(O)c3c2=O)C=C1. The number of ether oxygens (including phenoxy) is 2. The molecule has 2 aromatic rings. The Balaban J connectivity index is 1.68. The van der Waals surface area contributed by atoms with Gasteiger partial charge >= 0.3 is 0 Å². The highest BCUT2D eigenvalue weighted by atomic mass is 16.7. The Hall–Kier alpha value is -3.06. The average molecular weight is 448 g/mol. The molecule has 0 spiro atoms. The molecule has 1 aliphatic heterocycles. The fourth-order valence-corrected chi connectivity index (χ4v) is 3.56. The Labute approximate surface area is 179 Å². The second-order valence-corrected chi connectivity index (χ2v) is 7.50. The molecular formula is C21H20O11. The molecule has 32 heavy (non-hydrogen) atoms. The van der Waals surface area contributed by atoms with Crippen molar-refractivity contribution < 1.29 is 49.3 Å². The van der Waals surface area contributed by atoms with E-state index in [9.17, 15) is 40.2 Å². The summed E-state index contributed by atoms with van der Waals surface area (Å²) in [5.41, 5.74) is -3.01. The predicted octanol–water partition coefficient (Wildman–Crippen LogP) is -1.44. The molecule has 0 bridgehead atoms. The Bertz CT molecular complexity index is 1150. The number of allylic oxidation sites excluding steroid dienone is 2. The summed E-state index contributed by atoms with van der Waals surface area (Å²) >= 11 is 0. The van der Waals surface area contributed by atoms with Crippen molar-refractivity contribution in [3.63, 3.8) is 0 Å². The maximum absolute atomic E-state index is 12.9. The molecule has 5 atom stereocenters. The van der Waals surface area contributed by atoms with E-state index in [-0.39, 0.29) is 28.1 Å². The molecule has 170 valence electrons. The number of phenols is 1. The molecule has 4 rings (SSSR count). The van der Waals surface area contributed by atoms with Crippen molar-refractivity contribution in [1.29, 1.82) is 0 Å². The summed E-state index contributed by atoms with van der Waals surface area (Å²) in [4.78, 5) is 24.2. The number of hydrogen-bond donors (Lipinski definition) is 6. The number of carbonyl (C=O) groups excluding carboxylic acids is 1. The normalized spacial score (nSPS) is 29.4. The number of fused-ring (bicyclic) bond motifs is 1. The fraction of sp³-hybridized carbons (Fsp3) is 0.333. The van der Waals surface area contributed by atoms with Gasteiger partial charge in [-0.2, -0.15) is 0 Å². The summed E-state index contributed by atoms with van der Waals surface area (Å²) in [6, 6.07) is 2.24. The molecular weight excluding hydrogens is 428 g/mol. The number of carbonyl (C=O) groups is 1. The first-order valence-corrected chi connectivity index (χ1v) is 9.55. The predicted molar refractivity (Wildman–Crippen MR) is 106 cm³/mol. The number of rotatable bonds is 4. The summed E-state index contributed by atoms with van der Waals surface area (Å²) in [6.07, 6.45) is -2.19. The van der Waals surface area contributed by atoms with Crippen molar-refractivity contribution in [2.45, 2.75) is 36.3 Å². The third kappa shape index (κ3) is 3.71. The van der Waals surface area contributed by atoms with Crippen LogP contribution in [0.1, 0.15) is 5.56 Å². The van der Waals surface area contributed by atoms with Crippen LogP contribution in [0.15, 0.2) is 51.9 Å². The standard InChI is InChI=1S/C21H20O11/c22-7-14-17(26)18(27)19(28)20(32-14)31-10-5-12(24)15-13(6-10)30-8-11(16(15)25)21(29)3-1-9(23)2-4-21/h1-6,8,14,17-20,22,24,26-29H,7H2/t14-,17-,18+,19-,20-/m1/s1. The molecule has 11 nitrogen and oxygen atoms in total. The molecule has 11 heteroatoms. The molecule has 1 fully saturated rings. The topological polar surface area (TPSA) is 187 Å². The number of phenolic OH excluding ortho intramolecular Hbond substituents is 1. The third-order valence-electron chi connectivity index (χ3n) is 5.37. The van der Waals surface area contributed by atoms with E-state index in [1.54, 1.807) is 0 Å². The molecule has 1 aliphatic carbocycles. The summed E-state index contributed by atoms with van der Waals surface area (Å²) in [6.45, 7) is -0.650. The van der Waals surface area contributed by atoms with Crippen LogP contribution in [0.5, 0.6) is 11.5 Å². The van der Waals surface area contributed by atoms with E-state index in [0.29, 0.717) is 0 Å². The Morgan fingerprint density at radius 1 is 1.03 bits per heavy atom. The Morgan fingerprint density at radius 2 is 1.72 bits per heavy atom. The van der Waals surface area contributed by atoms with Crippen LogP contribution in [0.4, 0.5) is 0 Å². The van der Waals surface area contributed by atoms with Crippen molar-refractivity contribution in [2.24, 2.45) is 0 Å². The van der Waals surface area contributed by atoms with Crippen molar-refractivity contribution in [3.05, 3.63) is 58.5 Å². The quantitative estimate of drug-likeness (QED) is 0.321. The minimum Gasteiger partial charge on any atom is -0.507 e. The highest BCUT2D eigenvalue weighted by Crippen LogP contribution is 2.33. The van der Waals surface area contributed by atoms with Crippen molar-refractivity contribution in [3.8, 4) is 11.5 Å². The Kier molecular flexibility index (Phi) is 5.63. The molecule has 1 saturated heterocycles. The van der Waals surface area contributed by atoms with Crippen molar-refractivity contribution in [1.82, 2.24) is 0 Å². The molecule has 6 N–H and O–H groups in total. The van der Waals surface area contributed by atoms with E-state index in [1.807, 2.05) is 0 Å². The number of aliphatic hydroxyl groups is 5. The molecule has 0 radical (unpaired) electrons. The van der Waals surface area contributed by atoms with Gasteiger partial charge in [-0.05, 0) is 24.3 Å².